The van der Waals surface area contributed by atoms with Crippen molar-refractivity contribution in [3.8, 4) is 0 Å². The van der Waals surface area contributed by atoms with Gasteiger partial charge < -0.3 is 21.9 Å². The minimum Gasteiger partial charge on any atom is -0.674 e. The molecule has 7 heteroatoms. The minimum atomic E-state index is -0.578. The zero-order valence-electron chi connectivity index (χ0n) is 14.9. The molecular weight excluding hydrogens is 393 g/mol. The molecule has 0 saturated heterocycles. The number of aliphatic hydroxyl groups excluding tert-OH is 1. The molecule has 0 aliphatic carbocycles. The molecule has 6 N–H and O–H groups in total. The summed E-state index contributed by atoms with van der Waals surface area (Å²) in [5, 5.41) is 18.6. The molecule has 25 heavy (non-hydrogen) atoms. The maximum Gasteiger partial charge on any atom is 0.286 e. The Bertz CT molecular complexity index is 507. The van der Waals surface area contributed by atoms with Crippen LogP contribution in [0.15, 0.2) is 42.2 Å². The first-order valence-electron chi connectivity index (χ1n) is 8.22. The van der Waals surface area contributed by atoms with E-state index in [-0.39, 0.29) is 38.5 Å². The second kappa shape index (κ2) is 17.6. The fourth-order valence-electron chi connectivity index (χ4n) is 1.83. The van der Waals surface area contributed by atoms with Gasteiger partial charge in [0.05, 0.1) is 0 Å². The van der Waals surface area contributed by atoms with E-state index in [9.17, 15) is 4.79 Å². The van der Waals surface area contributed by atoms with Gasteiger partial charge in [0.15, 0.2) is 5.76 Å². The molecule has 0 fully saturated rings. The number of nitrogens with one attached hydrogen (secondary N) is 3. The molecule has 1 aromatic rings. The number of unbranched alkanes of at least 4 members (excludes halogenated alkanes) is 4. The van der Waals surface area contributed by atoms with Gasteiger partial charge >= 0.3 is 0 Å². The minimum absolute atomic E-state index is 0. The normalized spacial score (nSPS) is 10.1. The van der Waals surface area contributed by atoms with Crippen LogP contribution >= 0.6 is 0 Å². The molecule has 0 aliphatic rings. The van der Waals surface area contributed by atoms with Crippen LogP contribution in [0.4, 0.5) is 0 Å². The molecule has 0 heterocycles. The molecule has 0 aliphatic heterocycles. The van der Waals surface area contributed by atoms with E-state index in [4.69, 9.17) is 22.0 Å². The maximum absolute atomic E-state index is 11.2. The van der Waals surface area contributed by atoms with Crippen molar-refractivity contribution in [3.63, 3.8) is 0 Å². The molecule has 0 atom stereocenters. The van der Waals surface area contributed by atoms with E-state index in [2.05, 4.69) is 12.2 Å². The molecule has 0 saturated carbocycles. The molecule has 137 valence electrons. The number of amidine groups is 1. The SMILES string of the molecule is CCCCCCCNC(=O)/C(O)=C\C(=N)N.[NH-]Cc1ccccc1.[Y]. The van der Waals surface area contributed by atoms with E-state index in [1.165, 1.54) is 19.3 Å². The predicted molar refractivity (Wildman–Crippen MR) is 98.9 cm³/mol. The number of nitrogens with two attached hydrogens (primary N) is 1. The summed E-state index contributed by atoms with van der Waals surface area (Å²) in [6.45, 7) is 3.07. The van der Waals surface area contributed by atoms with Gasteiger partial charge in [0, 0.05) is 45.3 Å². The Morgan fingerprint density at radius 2 is 1.84 bits per heavy atom. The largest absolute Gasteiger partial charge is 0.674 e. The van der Waals surface area contributed by atoms with E-state index in [1.54, 1.807) is 0 Å². The summed E-state index contributed by atoms with van der Waals surface area (Å²) in [4.78, 5) is 11.2. The van der Waals surface area contributed by atoms with Crippen LogP contribution in [0.25, 0.3) is 5.73 Å². The molecule has 0 unspecified atom stereocenters. The molecule has 0 aromatic heterocycles. The van der Waals surface area contributed by atoms with E-state index in [0.29, 0.717) is 13.1 Å². The Morgan fingerprint density at radius 3 is 2.32 bits per heavy atom. The fourth-order valence-corrected chi connectivity index (χ4v) is 1.83. The molecular formula is C18H29N4O2Y-. The van der Waals surface area contributed by atoms with Gasteiger partial charge in [0.1, 0.15) is 5.84 Å². The first kappa shape index (κ1) is 26.0. The summed E-state index contributed by atoms with van der Waals surface area (Å²) < 4.78 is 0. The Labute approximate surface area is 175 Å². The van der Waals surface area contributed by atoms with Gasteiger partial charge in [-0.25, -0.2) is 0 Å². The summed E-state index contributed by atoms with van der Waals surface area (Å²) in [6.07, 6.45) is 6.47. The van der Waals surface area contributed by atoms with Gasteiger partial charge in [-0.15, -0.1) is 6.54 Å². The number of hydrogen-bond donors (Lipinski definition) is 4. The fraction of sp³-hybridized carbons (Fsp3) is 0.444. The van der Waals surface area contributed by atoms with Gasteiger partial charge in [0.25, 0.3) is 5.91 Å². The van der Waals surface area contributed by atoms with E-state index in [0.717, 1.165) is 24.5 Å². The van der Waals surface area contributed by atoms with Crippen molar-refractivity contribution in [2.45, 2.75) is 45.6 Å². The average Bonchev–Trinajstić information content (AvgIpc) is 2.58. The van der Waals surface area contributed by atoms with Gasteiger partial charge in [-0.2, -0.15) is 0 Å². The van der Waals surface area contributed by atoms with Crippen LogP contribution in [-0.2, 0) is 44.0 Å². The van der Waals surface area contributed by atoms with Crippen molar-refractivity contribution in [1.82, 2.24) is 5.32 Å². The second-order valence-electron chi connectivity index (χ2n) is 5.32. The van der Waals surface area contributed by atoms with Crippen LogP contribution in [0, 0.1) is 5.41 Å². The van der Waals surface area contributed by atoms with Gasteiger partial charge in [-0.05, 0) is 6.42 Å². The Morgan fingerprint density at radius 1 is 1.24 bits per heavy atom. The predicted octanol–water partition coefficient (Wildman–Crippen LogP) is 3.69. The van der Waals surface area contributed by atoms with Crippen LogP contribution < -0.4 is 11.1 Å². The summed E-state index contributed by atoms with van der Waals surface area (Å²) in [5.74, 6) is -1.43. The molecule has 1 aromatic carbocycles. The number of hydrogen-bond acceptors (Lipinski definition) is 3. The number of carbonyl (C=O) groups excluding carboxylic acids is 1. The van der Waals surface area contributed by atoms with Crippen molar-refractivity contribution in [2.75, 3.05) is 6.54 Å². The van der Waals surface area contributed by atoms with Crippen molar-refractivity contribution in [3.05, 3.63) is 53.5 Å². The topological polar surface area (TPSA) is 123 Å². The summed E-state index contributed by atoms with van der Waals surface area (Å²) in [6, 6.07) is 9.76. The van der Waals surface area contributed by atoms with E-state index in [1.807, 2.05) is 30.3 Å². The average molecular weight is 422 g/mol. The zero-order valence-corrected chi connectivity index (χ0v) is 17.8. The first-order valence-corrected chi connectivity index (χ1v) is 8.22. The van der Waals surface area contributed by atoms with Gasteiger partial charge in [-0.3, -0.25) is 10.2 Å². The summed E-state index contributed by atoms with van der Waals surface area (Å²) >= 11 is 0. The van der Waals surface area contributed by atoms with Gasteiger partial charge in [0.2, 0.25) is 0 Å². The van der Waals surface area contributed by atoms with Crippen molar-refractivity contribution in [1.29, 1.82) is 5.41 Å². The maximum atomic E-state index is 11.2. The second-order valence-corrected chi connectivity index (χ2v) is 5.32. The molecule has 1 amide bonds. The number of amides is 1. The third kappa shape index (κ3) is 16.0. The smallest absolute Gasteiger partial charge is 0.286 e. The molecule has 6 nitrogen and oxygen atoms in total. The number of benzene rings is 1. The summed E-state index contributed by atoms with van der Waals surface area (Å²) in [7, 11) is 0. The molecule has 1 rings (SSSR count). The Balaban J connectivity index is 0. The molecule has 0 spiro atoms. The van der Waals surface area contributed by atoms with E-state index < -0.39 is 11.7 Å². The first-order chi connectivity index (χ1) is 11.5. The summed E-state index contributed by atoms with van der Waals surface area (Å²) in [5.41, 5.74) is 13.0. The standard InChI is InChI=1S/C11H21N3O2.C7H8N.Y/c1-2-3-4-5-6-7-14-11(16)9(15)8-10(12)13;8-6-7-4-2-1-3-5-7;/h8,15H,2-7H2,1H3,(H3,12,13)(H,14,16);1-5,8H,6H2;/q;-1;/b9-8+;;. The zero-order chi connectivity index (χ0) is 18.2. The molecule has 1 radical (unpaired) electrons. The van der Waals surface area contributed by atoms with Crippen molar-refractivity contribution in [2.24, 2.45) is 5.73 Å². The number of aliphatic hydroxyl groups is 1. The Kier molecular flexibility index (Phi) is 18.3. The van der Waals surface area contributed by atoms with Crippen LogP contribution in [0.1, 0.15) is 44.6 Å². The van der Waals surface area contributed by atoms with Crippen LogP contribution in [0.2, 0.25) is 0 Å². The van der Waals surface area contributed by atoms with Crippen LogP contribution in [-0.4, -0.2) is 23.4 Å². The molecule has 0 bridgehead atoms. The monoisotopic (exact) mass is 422 g/mol. The quantitative estimate of drug-likeness (QED) is 0.160. The van der Waals surface area contributed by atoms with Crippen molar-refractivity contribution < 1.29 is 42.6 Å². The number of rotatable bonds is 9. The van der Waals surface area contributed by atoms with E-state index >= 15 is 0 Å². The van der Waals surface area contributed by atoms with Crippen molar-refractivity contribution >= 4 is 11.7 Å². The number of carbonyl (C=O) groups is 1. The van der Waals surface area contributed by atoms with Gasteiger partial charge in [-0.1, -0.05) is 68.5 Å². The third-order valence-electron chi connectivity index (χ3n) is 3.14. The van der Waals surface area contributed by atoms with Crippen LogP contribution in [0.3, 0.4) is 0 Å². The Hall–Kier alpha value is -1.24. The van der Waals surface area contributed by atoms with Crippen LogP contribution in [0.5, 0.6) is 0 Å². The third-order valence-corrected chi connectivity index (χ3v) is 3.14.